The van der Waals surface area contributed by atoms with Gasteiger partial charge >= 0.3 is 6.09 Å². The number of Topliss-reactive ketones (excluding diaryl/α,β-unsaturated/α-hetero) is 1. The molecule has 0 saturated carbocycles. The standard InChI is InChI=1S/C13H23NO3/c1-3-4-5-6-7-8-10(2)12(15)11-9-17-13(16)14-11/h10-11H,3-9H2,1-2H3,(H,14,16)/t10?,11-/m1/s1. The molecule has 1 aliphatic heterocycles. The number of amides is 1. The lowest BCUT2D eigenvalue weighted by Crippen LogP contribution is -2.37. The van der Waals surface area contributed by atoms with Gasteiger partial charge in [-0.25, -0.2) is 4.79 Å². The Morgan fingerprint density at radius 1 is 1.41 bits per heavy atom. The number of cyclic esters (lactones) is 1. The quantitative estimate of drug-likeness (QED) is 0.665. The number of hydrogen-bond donors (Lipinski definition) is 1. The summed E-state index contributed by atoms with van der Waals surface area (Å²) >= 11 is 0. The highest BCUT2D eigenvalue weighted by Gasteiger charge is 2.31. The summed E-state index contributed by atoms with van der Waals surface area (Å²) in [6, 6.07) is -0.423. The molecule has 1 aliphatic rings. The molecule has 1 N–H and O–H groups in total. The van der Waals surface area contributed by atoms with Crippen LogP contribution in [0.1, 0.15) is 52.4 Å². The van der Waals surface area contributed by atoms with Crippen molar-refractivity contribution >= 4 is 11.9 Å². The van der Waals surface area contributed by atoms with Crippen molar-refractivity contribution in [2.24, 2.45) is 5.92 Å². The SMILES string of the molecule is CCCCCCCC(C)C(=O)[C@H]1COC(=O)N1. The molecule has 1 heterocycles. The van der Waals surface area contributed by atoms with Gasteiger partial charge in [0.25, 0.3) is 0 Å². The number of nitrogens with one attached hydrogen (secondary N) is 1. The zero-order chi connectivity index (χ0) is 12.7. The zero-order valence-electron chi connectivity index (χ0n) is 10.8. The Bertz CT molecular complexity index is 265. The van der Waals surface area contributed by atoms with E-state index in [-0.39, 0.29) is 18.3 Å². The number of rotatable bonds is 8. The van der Waals surface area contributed by atoms with Crippen molar-refractivity contribution < 1.29 is 14.3 Å². The van der Waals surface area contributed by atoms with Crippen LogP contribution in [0.15, 0.2) is 0 Å². The monoisotopic (exact) mass is 241 g/mol. The van der Waals surface area contributed by atoms with E-state index in [0.717, 1.165) is 12.8 Å². The lowest BCUT2D eigenvalue weighted by Gasteiger charge is -2.13. The van der Waals surface area contributed by atoms with E-state index in [1.165, 1.54) is 25.7 Å². The van der Waals surface area contributed by atoms with Gasteiger partial charge in [0, 0.05) is 5.92 Å². The largest absolute Gasteiger partial charge is 0.447 e. The molecule has 0 spiro atoms. The average molecular weight is 241 g/mol. The first-order valence-corrected chi connectivity index (χ1v) is 6.62. The van der Waals surface area contributed by atoms with E-state index in [4.69, 9.17) is 4.74 Å². The first kappa shape index (κ1) is 14.0. The van der Waals surface area contributed by atoms with Gasteiger partial charge < -0.3 is 10.1 Å². The van der Waals surface area contributed by atoms with E-state index in [1.54, 1.807) is 0 Å². The van der Waals surface area contributed by atoms with Crippen LogP contribution >= 0.6 is 0 Å². The molecule has 1 unspecified atom stereocenters. The average Bonchev–Trinajstić information content (AvgIpc) is 2.74. The van der Waals surface area contributed by atoms with Gasteiger partial charge in [0.05, 0.1) is 0 Å². The molecule has 1 fully saturated rings. The van der Waals surface area contributed by atoms with Crippen LogP contribution in [0, 0.1) is 5.92 Å². The van der Waals surface area contributed by atoms with Crippen molar-refractivity contribution in [3.63, 3.8) is 0 Å². The number of carbonyl (C=O) groups excluding carboxylic acids is 2. The number of hydrogen-bond acceptors (Lipinski definition) is 3. The Kier molecular flexibility index (Phi) is 6.01. The fourth-order valence-electron chi connectivity index (χ4n) is 2.08. The fraction of sp³-hybridized carbons (Fsp3) is 0.846. The van der Waals surface area contributed by atoms with Crippen LogP contribution in [-0.2, 0) is 9.53 Å². The van der Waals surface area contributed by atoms with E-state index in [9.17, 15) is 9.59 Å². The van der Waals surface area contributed by atoms with Gasteiger partial charge in [0.15, 0.2) is 5.78 Å². The molecular formula is C13H23NO3. The summed E-state index contributed by atoms with van der Waals surface area (Å²) in [6.07, 6.45) is 6.48. The molecule has 0 aromatic heterocycles. The minimum atomic E-state index is -0.474. The predicted octanol–water partition coefficient (Wildman–Crippen LogP) is 2.66. The van der Waals surface area contributed by atoms with Gasteiger partial charge in [-0.3, -0.25) is 4.79 Å². The number of ether oxygens (including phenoxy) is 1. The van der Waals surface area contributed by atoms with Crippen molar-refractivity contribution in [2.45, 2.75) is 58.4 Å². The number of alkyl carbamates (subject to hydrolysis) is 1. The van der Waals surface area contributed by atoms with E-state index in [1.807, 2.05) is 6.92 Å². The summed E-state index contributed by atoms with van der Waals surface area (Å²) in [7, 11) is 0. The second-order valence-corrected chi connectivity index (χ2v) is 4.80. The van der Waals surface area contributed by atoms with Gasteiger partial charge in [-0.15, -0.1) is 0 Å². The zero-order valence-corrected chi connectivity index (χ0v) is 10.8. The lowest BCUT2D eigenvalue weighted by molar-refractivity contribution is -0.124. The van der Waals surface area contributed by atoms with Crippen LogP contribution in [0.5, 0.6) is 0 Å². The topological polar surface area (TPSA) is 55.4 Å². The van der Waals surface area contributed by atoms with Crippen LogP contribution in [0.3, 0.4) is 0 Å². The Labute approximate surface area is 103 Å². The molecule has 0 radical (unpaired) electrons. The van der Waals surface area contributed by atoms with Crippen LogP contribution in [0.4, 0.5) is 4.79 Å². The fourth-order valence-corrected chi connectivity index (χ4v) is 2.08. The summed E-state index contributed by atoms with van der Waals surface area (Å²) in [5.74, 6) is 0.120. The van der Waals surface area contributed by atoms with Gasteiger partial charge in [0.1, 0.15) is 12.6 Å². The van der Waals surface area contributed by atoms with E-state index in [2.05, 4.69) is 12.2 Å². The lowest BCUT2D eigenvalue weighted by atomic mass is 9.94. The van der Waals surface area contributed by atoms with Crippen molar-refractivity contribution in [1.82, 2.24) is 5.32 Å². The highest BCUT2D eigenvalue weighted by atomic mass is 16.6. The molecule has 4 heteroatoms. The highest BCUT2D eigenvalue weighted by molar-refractivity contribution is 5.90. The molecule has 0 bridgehead atoms. The predicted molar refractivity (Wildman–Crippen MR) is 65.8 cm³/mol. The van der Waals surface area contributed by atoms with Crippen molar-refractivity contribution in [3.05, 3.63) is 0 Å². The summed E-state index contributed by atoms with van der Waals surface area (Å²) in [4.78, 5) is 22.7. The molecular weight excluding hydrogens is 218 g/mol. The summed E-state index contributed by atoms with van der Waals surface area (Å²) < 4.78 is 4.72. The van der Waals surface area contributed by atoms with Crippen molar-refractivity contribution in [2.75, 3.05) is 6.61 Å². The second-order valence-electron chi connectivity index (χ2n) is 4.80. The van der Waals surface area contributed by atoms with Crippen LogP contribution in [0.2, 0.25) is 0 Å². The van der Waals surface area contributed by atoms with Gasteiger partial charge in [-0.05, 0) is 6.42 Å². The molecule has 0 aliphatic carbocycles. The molecule has 4 nitrogen and oxygen atoms in total. The number of carbonyl (C=O) groups is 2. The summed E-state index contributed by atoms with van der Waals surface area (Å²) in [5, 5.41) is 2.53. The third kappa shape index (κ3) is 4.75. The first-order chi connectivity index (χ1) is 8.15. The Hall–Kier alpha value is -1.06. The third-order valence-electron chi connectivity index (χ3n) is 3.24. The molecule has 98 valence electrons. The first-order valence-electron chi connectivity index (χ1n) is 6.62. The maximum absolute atomic E-state index is 11.9. The van der Waals surface area contributed by atoms with Gasteiger partial charge in [-0.2, -0.15) is 0 Å². The maximum atomic E-state index is 11.9. The van der Waals surface area contributed by atoms with Crippen LogP contribution in [-0.4, -0.2) is 24.5 Å². The molecule has 2 atom stereocenters. The van der Waals surface area contributed by atoms with Crippen molar-refractivity contribution in [1.29, 1.82) is 0 Å². The molecule has 1 amide bonds. The Balaban J connectivity index is 2.16. The van der Waals surface area contributed by atoms with E-state index >= 15 is 0 Å². The number of unbranched alkanes of at least 4 members (excludes halogenated alkanes) is 4. The molecule has 0 aromatic rings. The van der Waals surface area contributed by atoms with Crippen LogP contribution < -0.4 is 5.32 Å². The smallest absolute Gasteiger partial charge is 0.407 e. The van der Waals surface area contributed by atoms with E-state index in [0.29, 0.717) is 0 Å². The minimum absolute atomic E-state index is 0.0172. The molecule has 1 rings (SSSR count). The Morgan fingerprint density at radius 3 is 2.71 bits per heavy atom. The Morgan fingerprint density at radius 2 is 2.12 bits per heavy atom. The minimum Gasteiger partial charge on any atom is -0.447 e. The van der Waals surface area contributed by atoms with Gasteiger partial charge in [0.2, 0.25) is 0 Å². The normalized spacial score (nSPS) is 20.8. The van der Waals surface area contributed by atoms with E-state index < -0.39 is 12.1 Å². The third-order valence-corrected chi connectivity index (χ3v) is 3.24. The molecule has 17 heavy (non-hydrogen) atoms. The summed E-state index contributed by atoms with van der Waals surface area (Å²) in [5.41, 5.74) is 0. The number of ketones is 1. The summed E-state index contributed by atoms with van der Waals surface area (Å²) in [6.45, 7) is 4.32. The molecule has 1 saturated heterocycles. The van der Waals surface area contributed by atoms with Gasteiger partial charge in [-0.1, -0.05) is 46.0 Å². The molecule has 0 aromatic carbocycles. The van der Waals surface area contributed by atoms with Crippen molar-refractivity contribution in [3.8, 4) is 0 Å². The van der Waals surface area contributed by atoms with Crippen LogP contribution in [0.25, 0.3) is 0 Å². The second kappa shape index (κ2) is 7.30. The highest BCUT2D eigenvalue weighted by Crippen LogP contribution is 2.15. The maximum Gasteiger partial charge on any atom is 0.407 e.